The quantitative estimate of drug-likeness (QED) is 0.270. The van der Waals surface area contributed by atoms with Gasteiger partial charge in [-0.2, -0.15) is 0 Å². The van der Waals surface area contributed by atoms with Crippen LogP contribution in [0.5, 0.6) is 0 Å². The summed E-state index contributed by atoms with van der Waals surface area (Å²) in [5, 5.41) is 0. The Morgan fingerprint density at radius 1 is 1.25 bits per heavy atom. The first-order chi connectivity index (χ1) is 6.89. The van der Waals surface area contributed by atoms with Crippen LogP contribution < -0.4 is 12.4 Å². The standard InChI is InChI=1S/C12H24NO2.ClH/c1-7-11(14)15-12(5,6)13(8-2,9-3)10-4;/h7H,1,8-10H2,2-6H3;1H/q+1;/p-1. The van der Waals surface area contributed by atoms with Gasteiger partial charge in [0.25, 0.3) is 0 Å². The van der Waals surface area contributed by atoms with Gasteiger partial charge in [-0.25, -0.2) is 4.79 Å². The summed E-state index contributed by atoms with van der Waals surface area (Å²) in [5.41, 5.74) is -0.497. The summed E-state index contributed by atoms with van der Waals surface area (Å²) in [6, 6.07) is 0. The van der Waals surface area contributed by atoms with Crippen LogP contribution in [-0.2, 0) is 9.53 Å². The highest BCUT2D eigenvalue weighted by molar-refractivity contribution is 5.81. The number of carbonyl (C=O) groups is 1. The molecule has 0 saturated heterocycles. The number of hydrogen-bond donors (Lipinski definition) is 0. The fourth-order valence-corrected chi connectivity index (χ4v) is 2.20. The molecule has 0 aliphatic heterocycles. The summed E-state index contributed by atoms with van der Waals surface area (Å²) in [4.78, 5) is 11.3. The lowest BCUT2D eigenvalue weighted by molar-refractivity contribution is -0.989. The van der Waals surface area contributed by atoms with Crippen molar-refractivity contribution in [3.63, 3.8) is 0 Å². The number of nitrogens with zero attached hydrogens (tertiary/aromatic N) is 1. The first-order valence-electron chi connectivity index (χ1n) is 5.60. The van der Waals surface area contributed by atoms with Gasteiger partial charge in [-0.05, 0) is 20.8 Å². The van der Waals surface area contributed by atoms with Gasteiger partial charge in [-0.15, -0.1) is 0 Å². The minimum absolute atomic E-state index is 0. The molecule has 0 aromatic rings. The molecular formula is C12H24ClNO2. The Labute approximate surface area is 105 Å². The zero-order chi connectivity index (χ0) is 12.1. The Hall–Kier alpha value is -0.540. The number of hydrogen-bond acceptors (Lipinski definition) is 2. The molecule has 0 unspecified atom stereocenters. The van der Waals surface area contributed by atoms with Crippen molar-refractivity contribution >= 4 is 5.97 Å². The van der Waals surface area contributed by atoms with E-state index in [-0.39, 0.29) is 18.4 Å². The van der Waals surface area contributed by atoms with Crippen molar-refractivity contribution in [2.45, 2.75) is 40.3 Å². The average Bonchev–Trinajstić information content (AvgIpc) is 2.20. The Bertz CT molecular complexity index is 227. The summed E-state index contributed by atoms with van der Waals surface area (Å²) in [6.45, 7) is 16.6. The third-order valence-electron chi connectivity index (χ3n) is 3.48. The van der Waals surface area contributed by atoms with E-state index in [4.69, 9.17) is 4.74 Å². The van der Waals surface area contributed by atoms with Crippen LogP contribution in [0.1, 0.15) is 34.6 Å². The van der Waals surface area contributed by atoms with E-state index in [1.54, 1.807) is 0 Å². The molecule has 3 nitrogen and oxygen atoms in total. The maximum absolute atomic E-state index is 11.3. The minimum Gasteiger partial charge on any atom is -1.00 e. The van der Waals surface area contributed by atoms with Gasteiger partial charge in [0.1, 0.15) is 0 Å². The van der Waals surface area contributed by atoms with Gasteiger partial charge in [0, 0.05) is 19.9 Å². The van der Waals surface area contributed by atoms with Crippen molar-refractivity contribution in [1.82, 2.24) is 0 Å². The van der Waals surface area contributed by atoms with Gasteiger partial charge >= 0.3 is 5.97 Å². The van der Waals surface area contributed by atoms with Gasteiger partial charge in [0.05, 0.1) is 19.6 Å². The highest BCUT2D eigenvalue weighted by atomic mass is 35.5. The highest BCUT2D eigenvalue weighted by Gasteiger charge is 2.42. The monoisotopic (exact) mass is 249 g/mol. The van der Waals surface area contributed by atoms with Crippen LogP contribution in [0.2, 0.25) is 0 Å². The minimum atomic E-state index is -0.497. The van der Waals surface area contributed by atoms with E-state index in [2.05, 4.69) is 27.4 Å². The van der Waals surface area contributed by atoms with E-state index >= 15 is 0 Å². The molecule has 0 spiro atoms. The van der Waals surface area contributed by atoms with Gasteiger partial charge < -0.3 is 17.1 Å². The summed E-state index contributed by atoms with van der Waals surface area (Å²) < 4.78 is 6.21. The number of quaternary nitrogens is 1. The number of carbonyl (C=O) groups excluding carboxylic acids is 1. The van der Waals surface area contributed by atoms with Crippen LogP contribution in [-0.4, -0.2) is 35.8 Å². The van der Waals surface area contributed by atoms with Gasteiger partial charge in [0.15, 0.2) is 0 Å². The predicted molar refractivity (Wildman–Crippen MR) is 62.3 cm³/mol. The Morgan fingerprint density at radius 2 is 1.62 bits per heavy atom. The van der Waals surface area contributed by atoms with Crippen molar-refractivity contribution in [1.29, 1.82) is 0 Å². The third kappa shape index (κ3) is 3.49. The van der Waals surface area contributed by atoms with Crippen molar-refractivity contribution in [2.75, 3.05) is 19.6 Å². The molecule has 0 saturated carbocycles. The third-order valence-corrected chi connectivity index (χ3v) is 3.48. The molecule has 0 radical (unpaired) electrons. The normalized spacial score (nSPS) is 11.6. The van der Waals surface area contributed by atoms with Gasteiger partial charge in [0.2, 0.25) is 5.72 Å². The fourth-order valence-electron chi connectivity index (χ4n) is 2.20. The molecule has 0 amide bonds. The topological polar surface area (TPSA) is 26.3 Å². The second-order valence-electron chi connectivity index (χ2n) is 4.17. The predicted octanol–water partition coefficient (Wildman–Crippen LogP) is -0.668. The summed E-state index contributed by atoms with van der Waals surface area (Å²) in [6.07, 6.45) is 1.22. The van der Waals surface area contributed by atoms with E-state index in [9.17, 15) is 4.79 Å². The van der Waals surface area contributed by atoms with Crippen molar-refractivity contribution in [2.24, 2.45) is 0 Å². The SMILES string of the molecule is C=CC(=O)OC(C)(C)[N+](CC)(CC)CC.[Cl-]. The molecule has 0 atom stereocenters. The lowest BCUT2D eigenvalue weighted by Gasteiger charge is -2.47. The van der Waals surface area contributed by atoms with Crippen molar-refractivity contribution in [3.8, 4) is 0 Å². The van der Waals surface area contributed by atoms with E-state index in [1.165, 1.54) is 6.08 Å². The molecule has 0 aromatic heterocycles. The molecular weight excluding hydrogens is 226 g/mol. The molecule has 0 aliphatic carbocycles. The zero-order valence-electron chi connectivity index (χ0n) is 11.0. The fraction of sp³-hybridized carbons (Fsp3) is 0.750. The largest absolute Gasteiger partial charge is 1.00 e. The number of esters is 1. The number of ether oxygens (including phenoxy) is 1. The van der Waals surface area contributed by atoms with Gasteiger partial charge in [-0.1, -0.05) is 6.58 Å². The van der Waals surface area contributed by atoms with Crippen LogP contribution in [0.25, 0.3) is 0 Å². The van der Waals surface area contributed by atoms with Crippen LogP contribution in [0.15, 0.2) is 12.7 Å². The Balaban J connectivity index is 0. The summed E-state index contributed by atoms with van der Waals surface area (Å²) in [5.74, 6) is -0.349. The smallest absolute Gasteiger partial charge is 0.334 e. The highest BCUT2D eigenvalue weighted by Crippen LogP contribution is 2.26. The van der Waals surface area contributed by atoms with Crippen LogP contribution >= 0.6 is 0 Å². The molecule has 0 bridgehead atoms. The molecule has 0 fully saturated rings. The van der Waals surface area contributed by atoms with Crippen molar-refractivity contribution < 1.29 is 26.4 Å². The van der Waals surface area contributed by atoms with Crippen LogP contribution in [0.4, 0.5) is 0 Å². The number of halogens is 1. The Kier molecular flexibility index (Phi) is 7.71. The maximum Gasteiger partial charge on any atom is 0.334 e. The van der Waals surface area contributed by atoms with E-state index in [1.807, 2.05) is 13.8 Å². The molecule has 0 N–H and O–H groups in total. The maximum atomic E-state index is 11.3. The second kappa shape index (κ2) is 6.92. The van der Waals surface area contributed by atoms with E-state index in [0.29, 0.717) is 0 Å². The Morgan fingerprint density at radius 3 is 1.88 bits per heavy atom. The second-order valence-corrected chi connectivity index (χ2v) is 4.17. The van der Waals surface area contributed by atoms with E-state index in [0.717, 1.165) is 24.1 Å². The van der Waals surface area contributed by atoms with Crippen LogP contribution in [0.3, 0.4) is 0 Å². The van der Waals surface area contributed by atoms with E-state index < -0.39 is 5.72 Å². The summed E-state index contributed by atoms with van der Waals surface area (Å²) >= 11 is 0. The first-order valence-corrected chi connectivity index (χ1v) is 5.60. The average molecular weight is 250 g/mol. The molecule has 96 valence electrons. The number of rotatable bonds is 6. The zero-order valence-corrected chi connectivity index (χ0v) is 11.8. The van der Waals surface area contributed by atoms with Gasteiger partial charge in [-0.3, -0.25) is 4.48 Å². The molecule has 0 rings (SSSR count). The molecule has 0 aliphatic rings. The molecule has 0 heterocycles. The lowest BCUT2D eigenvalue weighted by Crippen LogP contribution is -3.00. The molecule has 4 heteroatoms. The lowest BCUT2D eigenvalue weighted by atomic mass is 10.1. The first kappa shape index (κ1) is 17.8. The van der Waals surface area contributed by atoms with Crippen molar-refractivity contribution in [3.05, 3.63) is 12.7 Å². The molecule has 0 aromatic carbocycles. The molecule has 16 heavy (non-hydrogen) atoms. The summed E-state index contributed by atoms with van der Waals surface area (Å²) in [7, 11) is 0. The van der Waals surface area contributed by atoms with Crippen LogP contribution in [0, 0.1) is 0 Å².